The molecule has 1 atom stereocenters. The molecule has 1 aromatic carbocycles. The average molecular weight is 321 g/mol. The molecule has 0 saturated carbocycles. The van der Waals surface area contributed by atoms with Crippen molar-refractivity contribution in [2.24, 2.45) is 5.92 Å². The van der Waals surface area contributed by atoms with Crippen LogP contribution in [-0.4, -0.2) is 27.5 Å². The molecule has 0 aliphatic rings. The summed E-state index contributed by atoms with van der Waals surface area (Å²) in [6.45, 7) is 3.40. The molecule has 1 rings (SSSR count). The summed E-state index contributed by atoms with van der Waals surface area (Å²) in [6, 6.07) is 3.10. The van der Waals surface area contributed by atoms with Gasteiger partial charge in [-0.05, 0) is 24.1 Å². The summed E-state index contributed by atoms with van der Waals surface area (Å²) in [7, 11) is -2.78. The first-order valence-electron chi connectivity index (χ1n) is 5.84. The summed E-state index contributed by atoms with van der Waals surface area (Å²) in [5.74, 6) is -0.943. The van der Waals surface area contributed by atoms with Gasteiger partial charge in [0.15, 0.2) is 0 Å². The Hall–Kier alpha value is -1.31. The predicted octanol–water partition coefficient (Wildman–Crippen LogP) is 1.40. The van der Waals surface area contributed by atoms with Gasteiger partial charge in [0.05, 0.1) is 12.8 Å². The quantitative estimate of drug-likeness (QED) is 0.631. The molecule has 0 amide bonds. The number of carbonyl (C=O) groups excluding carboxylic acids is 1. The Balaban J connectivity index is 3.16. The number of hydrogen-bond acceptors (Lipinski definition) is 5. The Kier molecular flexibility index (Phi) is 5.38. The van der Waals surface area contributed by atoms with Gasteiger partial charge in [-0.1, -0.05) is 25.4 Å². The maximum Gasteiger partial charge on any atom is 0.324 e. The van der Waals surface area contributed by atoms with Crippen LogP contribution < -0.4 is 10.5 Å². The largest absolute Gasteiger partial charge is 0.468 e. The zero-order valence-electron chi connectivity index (χ0n) is 11.4. The van der Waals surface area contributed by atoms with Crippen molar-refractivity contribution in [2.45, 2.75) is 24.8 Å². The Morgan fingerprint density at radius 2 is 2.00 bits per heavy atom. The van der Waals surface area contributed by atoms with Crippen LogP contribution in [-0.2, 0) is 19.6 Å². The number of nitrogens with one attached hydrogen (secondary N) is 1. The van der Waals surface area contributed by atoms with Crippen molar-refractivity contribution in [3.05, 3.63) is 23.2 Å². The van der Waals surface area contributed by atoms with Gasteiger partial charge >= 0.3 is 5.97 Å². The number of benzene rings is 1. The van der Waals surface area contributed by atoms with E-state index in [1.165, 1.54) is 25.3 Å². The highest BCUT2D eigenvalue weighted by atomic mass is 35.5. The van der Waals surface area contributed by atoms with E-state index in [0.29, 0.717) is 0 Å². The number of sulfonamides is 1. The summed E-state index contributed by atoms with van der Waals surface area (Å²) >= 11 is 5.77. The van der Waals surface area contributed by atoms with Crippen molar-refractivity contribution in [2.75, 3.05) is 12.8 Å². The molecular formula is C12H17ClN2O4S. The van der Waals surface area contributed by atoms with Crippen LogP contribution >= 0.6 is 11.6 Å². The van der Waals surface area contributed by atoms with E-state index < -0.39 is 22.0 Å². The number of carbonyl (C=O) groups is 1. The normalized spacial score (nSPS) is 13.2. The zero-order valence-corrected chi connectivity index (χ0v) is 13.0. The Labute approximate surface area is 123 Å². The van der Waals surface area contributed by atoms with Crippen LogP contribution in [0.5, 0.6) is 0 Å². The van der Waals surface area contributed by atoms with Crippen molar-refractivity contribution >= 4 is 33.3 Å². The lowest BCUT2D eigenvalue weighted by atomic mass is 10.1. The van der Waals surface area contributed by atoms with E-state index in [9.17, 15) is 13.2 Å². The second-order valence-corrected chi connectivity index (χ2v) is 6.67. The minimum atomic E-state index is -3.97. The Bertz CT molecular complexity index is 601. The number of anilines is 1. The van der Waals surface area contributed by atoms with Crippen LogP contribution in [0.25, 0.3) is 0 Å². The predicted molar refractivity (Wildman–Crippen MR) is 76.8 cm³/mol. The van der Waals surface area contributed by atoms with Gasteiger partial charge in [-0.15, -0.1) is 0 Å². The topological polar surface area (TPSA) is 98.5 Å². The lowest BCUT2D eigenvalue weighted by Gasteiger charge is -2.20. The Morgan fingerprint density at radius 1 is 1.40 bits per heavy atom. The zero-order chi connectivity index (χ0) is 15.5. The van der Waals surface area contributed by atoms with Crippen LogP contribution in [0.15, 0.2) is 23.1 Å². The first-order chi connectivity index (χ1) is 9.19. The molecule has 0 heterocycles. The Morgan fingerprint density at radius 3 is 2.50 bits per heavy atom. The number of nitrogens with two attached hydrogens (primary N) is 1. The van der Waals surface area contributed by atoms with E-state index in [0.717, 1.165) is 0 Å². The molecule has 3 N–H and O–H groups in total. The highest BCUT2D eigenvalue weighted by Gasteiger charge is 2.30. The molecule has 20 heavy (non-hydrogen) atoms. The third-order valence-electron chi connectivity index (χ3n) is 2.67. The number of hydrogen-bond donors (Lipinski definition) is 2. The van der Waals surface area contributed by atoms with Gasteiger partial charge in [0, 0.05) is 5.02 Å². The maximum atomic E-state index is 12.3. The van der Waals surface area contributed by atoms with E-state index >= 15 is 0 Å². The fourth-order valence-electron chi connectivity index (χ4n) is 1.55. The van der Waals surface area contributed by atoms with Crippen LogP contribution in [0.2, 0.25) is 5.02 Å². The van der Waals surface area contributed by atoms with Crippen molar-refractivity contribution in [3.63, 3.8) is 0 Å². The van der Waals surface area contributed by atoms with E-state index in [4.69, 9.17) is 17.3 Å². The third-order valence-corrected chi connectivity index (χ3v) is 4.40. The van der Waals surface area contributed by atoms with Crippen molar-refractivity contribution < 1.29 is 17.9 Å². The fraction of sp³-hybridized carbons (Fsp3) is 0.417. The average Bonchev–Trinajstić information content (AvgIpc) is 2.37. The number of methoxy groups -OCH3 is 1. The van der Waals surface area contributed by atoms with Crippen molar-refractivity contribution in [3.8, 4) is 0 Å². The van der Waals surface area contributed by atoms with Crippen LogP contribution in [0.3, 0.4) is 0 Å². The molecule has 1 unspecified atom stereocenters. The standard InChI is InChI=1S/C12H17ClN2O4S/c1-7(2)11(12(16)19-3)15-20(17,18)10-6-8(13)4-5-9(10)14/h4-7,11,15H,14H2,1-3H3. The van der Waals surface area contributed by atoms with Gasteiger partial charge < -0.3 is 10.5 Å². The molecule has 0 radical (unpaired) electrons. The van der Waals surface area contributed by atoms with Gasteiger partial charge in [-0.3, -0.25) is 4.79 Å². The number of ether oxygens (including phenoxy) is 1. The van der Waals surface area contributed by atoms with Crippen LogP contribution in [0, 0.1) is 5.92 Å². The van der Waals surface area contributed by atoms with Gasteiger partial charge in [-0.25, -0.2) is 8.42 Å². The summed E-state index contributed by atoms with van der Waals surface area (Å²) in [4.78, 5) is 11.4. The first kappa shape index (κ1) is 16.7. The smallest absolute Gasteiger partial charge is 0.324 e. The minimum Gasteiger partial charge on any atom is -0.468 e. The summed E-state index contributed by atoms with van der Waals surface area (Å²) in [5, 5.41) is 0.235. The first-order valence-corrected chi connectivity index (χ1v) is 7.70. The lowest BCUT2D eigenvalue weighted by Crippen LogP contribution is -2.45. The van der Waals surface area contributed by atoms with Crippen LogP contribution in [0.4, 0.5) is 5.69 Å². The molecule has 0 aliphatic carbocycles. The maximum absolute atomic E-state index is 12.3. The molecule has 0 aliphatic heterocycles. The van der Waals surface area contributed by atoms with E-state index in [1.54, 1.807) is 13.8 Å². The molecule has 1 aromatic rings. The van der Waals surface area contributed by atoms with Gasteiger partial charge in [0.2, 0.25) is 10.0 Å². The summed E-state index contributed by atoms with van der Waals surface area (Å²) in [6.07, 6.45) is 0. The molecule has 0 spiro atoms. The molecule has 112 valence electrons. The lowest BCUT2D eigenvalue weighted by molar-refractivity contribution is -0.143. The second kappa shape index (κ2) is 6.43. The van der Waals surface area contributed by atoms with E-state index in [2.05, 4.69) is 9.46 Å². The van der Waals surface area contributed by atoms with Gasteiger partial charge in [-0.2, -0.15) is 4.72 Å². The highest BCUT2D eigenvalue weighted by molar-refractivity contribution is 7.89. The second-order valence-electron chi connectivity index (χ2n) is 4.55. The molecule has 0 saturated heterocycles. The molecule has 0 fully saturated rings. The van der Waals surface area contributed by atoms with E-state index in [1.807, 2.05) is 0 Å². The summed E-state index contributed by atoms with van der Waals surface area (Å²) in [5.41, 5.74) is 5.69. The number of rotatable bonds is 5. The number of halogens is 1. The number of nitrogen functional groups attached to an aromatic ring is 1. The van der Waals surface area contributed by atoms with Gasteiger partial charge in [0.1, 0.15) is 10.9 Å². The highest BCUT2D eigenvalue weighted by Crippen LogP contribution is 2.23. The fourth-order valence-corrected chi connectivity index (χ4v) is 3.28. The van der Waals surface area contributed by atoms with Crippen LogP contribution in [0.1, 0.15) is 13.8 Å². The minimum absolute atomic E-state index is 0.0503. The van der Waals surface area contributed by atoms with Crippen molar-refractivity contribution in [1.82, 2.24) is 4.72 Å². The van der Waals surface area contributed by atoms with E-state index in [-0.39, 0.29) is 21.5 Å². The SMILES string of the molecule is COC(=O)C(NS(=O)(=O)c1cc(Cl)ccc1N)C(C)C. The summed E-state index contributed by atoms with van der Waals surface area (Å²) < 4.78 is 31.4. The monoisotopic (exact) mass is 320 g/mol. The molecule has 6 nitrogen and oxygen atoms in total. The molecule has 0 bridgehead atoms. The number of esters is 1. The molecule has 8 heteroatoms. The molecular weight excluding hydrogens is 304 g/mol. The third kappa shape index (κ3) is 3.84. The van der Waals surface area contributed by atoms with Gasteiger partial charge in [0.25, 0.3) is 0 Å². The van der Waals surface area contributed by atoms with Crippen molar-refractivity contribution in [1.29, 1.82) is 0 Å². The molecule has 0 aromatic heterocycles.